The quantitative estimate of drug-likeness (QED) is 0.407. The van der Waals surface area contributed by atoms with Crippen LogP contribution in [0.5, 0.6) is 0 Å². The van der Waals surface area contributed by atoms with Gasteiger partial charge in [-0.05, 0) is 18.2 Å². The Balaban J connectivity index is 0.00000196. The van der Waals surface area contributed by atoms with Crippen molar-refractivity contribution in [1.29, 1.82) is 0 Å². The van der Waals surface area contributed by atoms with Crippen LogP contribution in [-0.4, -0.2) is 73.6 Å². The molecule has 78 valence electrons. The molecule has 0 aromatic rings. The van der Waals surface area contributed by atoms with Crippen molar-refractivity contribution in [3.8, 4) is 0 Å². The van der Waals surface area contributed by atoms with Gasteiger partial charge in [-0.25, -0.2) is 9.59 Å². The first-order valence-electron chi connectivity index (χ1n) is 3.66. The third kappa shape index (κ3) is 2.67. The van der Waals surface area contributed by atoms with Gasteiger partial charge in [0.15, 0.2) is 0 Å². The Morgan fingerprint density at radius 1 is 1.33 bits per heavy atom. The third-order valence-corrected chi connectivity index (χ3v) is 1.89. The molecule has 2 unspecified atom stereocenters. The van der Waals surface area contributed by atoms with Gasteiger partial charge in [-0.15, -0.1) is 0 Å². The molecule has 0 spiro atoms. The Morgan fingerprint density at radius 2 is 1.87 bits per heavy atom. The Labute approximate surface area is 107 Å². The number of aliphatic hydroxyl groups is 2. The summed E-state index contributed by atoms with van der Waals surface area (Å²) in [5.74, 6) is -2.94. The number of carbonyl (C=O) groups is 2. The second kappa shape index (κ2) is 4.91. The Hall–Kier alpha value is -0.660. The fraction of sp³-hybridized carbons (Fsp3) is 0.250. The van der Waals surface area contributed by atoms with Crippen LogP contribution in [0.4, 0.5) is 0 Å². The summed E-state index contributed by atoms with van der Waals surface area (Å²) >= 11 is 0. The average Bonchev–Trinajstić information content (AvgIpc) is 2.09. The van der Waals surface area contributed by atoms with Crippen molar-refractivity contribution in [2.75, 3.05) is 0 Å². The van der Waals surface area contributed by atoms with E-state index in [-0.39, 0.29) is 35.1 Å². The van der Waals surface area contributed by atoms with Crippen LogP contribution in [0.2, 0.25) is 0 Å². The Morgan fingerprint density at radius 3 is 2.20 bits per heavy atom. The summed E-state index contributed by atoms with van der Waals surface area (Å²) in [6.07, 6.45) is 0.680. The molecule has 0 aromatic carbocycles. The van der Waals surface area contributed by atoms with E-state index in [9.17, 15) is 19.8 Å². The molecular weight excluding hydrogens is 215 g/mol. The SMILES string of the molecule is O=C(O)C1=CC(O)C(O)(C(=O)O)C=C1.[NaH]. The van der Waals surface area contributed by atoms with Gasteiger partial charge in [0.25, 0.3) is 0 Å². The van der Waals surface area contributed by atoms with E-state index in [1.165, 1.54) is 0 Å². The van der Waals surface area contributed by atoms with Crippen molar-refractivity contribution < 1.29 is 30.0 Å². The molecular formula is C8H9NaO6. The Kier molecular flexibility index (Phi) is 4.69. The minimum absolute atomic E-state index is 0. The van der Waals surface area contributed by atoms with Gasteiger partial charge < -0.3 is 20.4 Å². The van der Waals surface area contributed by atoms with Crippen LogP contribution in [-0.2, 0) is 9.59 Å². The predicted octanol–water partition coefficient (Wildman–Crippen LogP) is -1.90. The van der Waals surface area contributed by atoms with E-state index in [2.05, 4.69) is 0 Å². The van der Waals surface area contributed by atoms with Crippen molar-refractivity contribution in [2.45, 2.75) is 11.7 Å². The number of aliphatic carboxylic acids is 2. The Bertz CT molecular complexity index is 347. The summed E-state index contributed by atoms with van der Waals surface area (Å²) in [6.45, 7) is 0. The van der Waals surface area contributed by atoms with Gasteiger partial charge in [0.1, 0.15) is 6.10 Å². The monoisotopic (exact) mass is 224 g/mol. The van der Waals surface area contributed by atoms with E-state index >= 15 is 0 Å². The number of rotatable bonds is 2. The summed E-state index contributed by atoms with van der Waals surface area (Å²) in [6, 6.07) is 0. The molecule has 15 heavy (non-hydrogen) atoms. The van der Waals surface area contributed by atoms with E-state index in [1.54, 1.807) is 0 Å². The molecule has 0 aliphatic heterocycles. The minimum atomic E-state index is -2.45. The first-order valence-corrected chi connectivity index (χ1v) is 3.66. The van der Waals surface area contributed by atoms with E-state index in [1.807, 2.05) is 0 Å². The van der Waals surface area contributed by atoms with Crippen LogP contribution in [0.25, 0.3) is 0 Å². The van der Waals surface area contributed by atoms with Crippen LogP contribution >= 0.6 is 0 Å². The van der Waals surface area contributed by atoms with Crippen LogP contribution in [0.1, 0.15) is 0 Å². The zero-order valence-corrected chi connectivity index (χ0v) is 6.91. The van der Waals surface area contributed by atoms with Crippen LogP contribution < -0.4 is 0 Å². The number of carboxylic acids is 2. The summed E-state index contributed by atoms with van der Waals surface area (Å²) in [4.78, 5) is 20.9. The van der Waals surface area contributed by atoms with Gasteiger partial charge in [0, 0.05) is 0 Å². The van der Waals surface area contributed by atoms with E-state index in [4.69, 9.17) is 10.2 Å². The molecule has 0 fully saturated rings. The summed E-state index contributed by atoms with van der Waals surface area (Å²) < 4.78 is 0. The maximum atomic E-state index is 10.5. The topological polar surface area (TPSA) is 115 Å². The zero-order valence-electron chi connectivity index (χ0n) is 6.91. The van der Waals surface area contributed by atoms with Crippen LogP contribution in [0, 0.1) is 0 Å². The fourth-order valence-corrected chi connectivity index (χ4v) is 1.01. The van der Waals surface area contributed by atoms with Gasteiger partial charge in [0.2, 0.25) is 5.60 Å². The van der Waals surface area contributed by atoms with E-state index in [0.717, 1.165) is 18.2 Å². The van der Waals surface area contributed by atoms with Crippen molar-refractivity contribution in [3.63, 3.8) is 0 Å². The first kappa shape index (κ1) is 14.3. The second-order valence-corrected chi connectivity index (χ2v) is 2.84. The average molecular weight is 224 g/mol. The standard InChI is InChI=1S/C8H8O6.Na.H/c9-5-3-4(6(10)11)1-2-8(5,14)7(12)13;;/h1-3,5,9,14H,(H,10,11)(H,12,13);;. The molecule has 2 atom stereocenters. The van der Waals surface area contributed by atoms with Crippen molar-refractivity contribution in [1.82, 2.24) is 0 Å². The molecule has 1 rings (SSSR count). The van der Waals surface area contributed by atoms with Gasteiger partial charge >= 0.3 is 41.5 Å². The van der Waals surface area contributed by atoms with Crippen LogP contribution in [0.3, 0.4) is 0 Å². The molecule has 0 aromatic heterocycles. The van der Waals surface area contributed by atoms with Gasteiger partial charge in [-0.1, -0.05) is 0 Å². The normalized spacial score (nSPS) is 28.9. The molecule has 6 nitrogen and oxygen atoms in total. The van der Waals surface area contributed by atoms with Gasteiger partial charge in [-0.3, -0.25) is 0 Å². The zero-order chi connectivity index (χ0) is 10.9. The molecule has 0 saturated carbocycles. The van der Waals surface area contributed by atoms with Gasteiger partial charge in [-0.2, -0.15) is 0 Å². The molecule has 4 N–H and O–H groups in total. The molecule has 0 amide bonds. The number of aliphatic hydroxyl groups excluding tert-OH is 1. The van der Waals surface area contributed by atoms with Crippen molar-refractivity contribution >= 4 is 41.5 Å². The first-order chi connectivity index (χ1) is 6.38. The second-order valence-electron chi connectivity index (χ2n) is 2.84. The molecule has 7 heteroatoms. The predicted molar refractivity (Wildman–Crippen MR) is 50.6 cm³/mol. The number of hydrogen-bond acceptors (Lipinski definition) is 4. The number of hydrogen-bond donors (Lipinski definition) is 4. The van der Waals surface area contributed by atoms with Crippen LogP contribution in [0.15, 0.2) is 23.8 Å². The van der Waals surface area contributed by atoms with E-state index in [0.29, 0.717) is 0 Å². The molecule has 0 saturated heterocycles. The summed E-state index contributed by atoms with van der Waals surface area (Å²) in [5.41, 5.74) is -2.71. The van der Waals surface area contributed by atoms with Gasteiger partial charge in [0.05, 0.1) is 5.57 Å². The van der Waals surface area contributed by atoms with Crippen molar-refractivity contribution in [2.24, 2.45) is 0 Å². The molecule has 1 aliphatic rings. The number of carboxylic acid groups (broad SMARTS) is 2. The molecule has 0 bridgehead atoms. The molecule has 0 radical (unpaired) electrons. The molecule has 0 heterocycles. The third-order valence-electron chi connectivity index (χ3n) is 1.89. The van der Waals surface area contributed by atoms with E-state index < -0.39 is 23.6 Å². The van der Waals surface area contributed by atoms with Crippen molar-refractivity contribution in [3.05, 3.63) is 23.8 Å². The summed E-state index contributed by atoms with van der Waals surface area (Å²) in [7, 11) is 0. The molecule has 1 aliphatic carbocycles. The maximum absolute atomic E-state index is 10.5. The fourth-order valence-electron chi connectivity index (χ4n) is 1.01. The summed E-state index contributed by atoms with van der Waals surface area (Å²) in [5, 5.41) is 35.6.